The summed E-state index contributed by atoms with van der Waals surface area (Å²) in [6, 6.07) is -1.31. The standard InChI is InChI=1S/C30H34F4N6O5S/c1-15-17(6-7-18(31)22(15)32)23-21(27(42)45-5)19(36-25(37-23)26-35-9-11-46-26)12-38-14-30(33,34)24-20(38)13-40(16(2)41)39(24)10-8-29(3,4)28(43)44/h6-7,9,11,20,23-24H,8,10,12-14H2,1-5H3,(H,36,37)(H,43,44)/t20-,23-,24+/m0/s1. The van der Waals surface area contributed by atoms with E-state index < -0.39 is 65.5 Å². The van der Waals surface area contributed by atoms with Crippen molar-refractivity contribution in [2.75, 3.05) is 33.3 Å². The third-order valence-corrected chi connectivity index (χ3v) is 9.56. The Bertz CT molecular complexity index is 1610. The number of benzene rings is 1. The lowest BCUT2D eigenvalue weighted by atomic mass is 9.89. The monoisotopic (exact) mass is 666 g/mol. The number of carboxylic acids is 1. The van der Waals surface area contributed by atoms with Gasteiger partial charge in [-0.1, -0.05) is 6.07 Å². The maximum absolute atomic E-state index is 15.9. The van der Waals surface area contributed by atoms with Gasteiger partial charge in [-0.25, -0.2) is 32.3 Å². The number of hydrogen-bond acceptors (Lipinski definition) is 10. The van der Waals surface area contributed by atoms with E-state index in [0.29, 0.717) is 5.01 Å². The molecule has 46 heavy (non-hydrogen) atoms. The molecule has 0 radical (unpaired) electrons. The van der Waals surface area contributed by atoms with Gasteiger partial charge in [0, 0.05) is 37.3 Å². The Kier molecular flexibility index (Phi) is 9.00. The summed E-state index contributed by atoms with van der Waals surface area (Å²) in [5.74, 6) is -7.75. The average Bonchev–Trinajstić information content (AvgIpc) is 3.72. The molecule has 0 unspecified atom stereocenters. The summed E-state index contributed by atoms with van der Waals surface area (Å²) in [7, 11) is 1.14. The van der Waals surface area contributed by atoms with Gasteiger partial charge in [0.1, 0.15) is 12.1 Å². The van der Waals surface area contributed by atoms with Crippen LogP contribution in [0.5, 0.6) is 0 Å². The first-order valence-corrected chi connectivity index (χ1v) is 15.4. The number of rotatable bonds is 9. The van der Waals surface area contributed by atoms with Gasteiger partial charge in [-0.2, -0.15) is 0 Å². The van der Waals surface area contributed by atoms with Crippen LogP contribution in [-0.2, 0) is 19.1 Å². The predicted molar refractivity (Wildman–Crippen MR) is 159 cm³/mol. The van der Waals surface area contributed by atoms with Crippen molar-refractivity contribution in [1.82, 2.24) is 25.2 Å². The molecule has 3 atom stereocenters. The van der Waals surface area contributed by atoms with Crippen LogP contribution in [0.15, 0.2) is 40.0 Å². The molecule has 0 spiro atoms. The Morgan fingerprint density at radius 1 is 1.24 bits per heavy atom. The van der Waals surface area contributed by atoms with Gasteiger partial charge in [-0.3, -0.25) is 24.5 Å². The number of carbonyl (C=O) groups excluding carboxylic acids is 2. The third kappa shape index (κ3) is 6.00. The molecule has 0 aliphatic carbocycles. The number of carbonyl (C=O) groups is 3. The number of aliphatic carboxylic acids is 1. The number of hydrazine groups is 1. The number of carboxylic acid groups (broad SMARTS) is 1. The maximum Gasteiger partial charge on any atom is 0.338 e. The summed E-state index contributed by atoms with van der Waals surface area (Å²) in [6.45, 7) is 4.41. The van der Waals surface area contributed by atoms with Crippen molar-refractivity contribution >= 4 is 35.0 Å². The van der Waals surface area contributed by atoms with Crippen LogP contribution in [0.4, 0.5) is 17.6 Å². The minimum Gasteiger partial charge on any atom is -0.481 e. The molecule has 16 heteroatoms. The fourth-order valence-electron chi connectivity index (χ4n) is 6.18. The fourth-order valence-corrected chi connectivity index (χ4v) is 6.77. The number of likely N-dealkylation sites (tertiary alicyclic amines) is 1. The zero-order chi connectivity index (χ0) is 33.7. The predicted octanol–water partition coefficient (Wildman–Crippen LogP) is 3.52. The molecule has 1 aromatic heterocycles. The molecule has 4 heterocycles. The molecule has 2 fully saturated rings. The molecule has 1 aromatic carbocycles. The number of alkyl halides is 2. The van der Waals surface area contributed by atoms with Crippen LogP contribution < -0.4 is 5.32 Å². The van der Waals surface area contributed by atoms with Crippen LogP contribution in [0.1, 0.15) is 49.4 Å². The lowest BCUT2D eigenvalue weighted by Crippen LogP contribution is -2.52. The number of hydrogen-bond donors (Lipinski definition) is 2. The quantitative estimate of drug-likeness (QED) is 0.305. The summed E-state index contributed by atoms with van der Waals surface area (Å²) < 4.78 is 65.7. The molecule has 5 rings (SSSR count). The molecule has 3 aliphatic rings. The molecule has 2 saturated heterocycles. The van der Waals surface area contributed by atoms with E-state index in [1.165, 1.54) is 66.2 Å². The molecule has 248 valence electrons. The molecule has 3 aliphatic heterocycles. The van der Waals surface area contributed by atoms with Crippen molar-refractivity contribution in [1.29, 1.82) is 0 Å². The van der Waals surface area contributed by atoms with Crippen LogP contribution in [0.2, 0.25) is 0 Å². The summed E-state index contributed by atoms with van der Waals surface area (Å²) in [5, 5.41) is 17.2. The SMILES string of the molecule is COC(=O)C1=C(CN2CC(F)(F)[C@H]3[C@@H]2CN(C(C)=O)N3CCC(C)(C)C(=O)O)NC(c2nccs2)=N[C@H]1c1ccc(F)c(F)c1C. The van der Waals surface area contributed by atoms with E-state index in [4.69, 9.17) is 4.74 Å². The van der Waals surface area contributed by atoms with E-state index in [2.05, 4.69) is 15.3 Å². The maximum atomic E-state index is 15.9. The number of methoxy groups -OCH3 is 1. The minimum atomic E-state index is -3.33. The molecular formula is C30H34F4N6O5S. The Morgan fingerprint density at radius 3 is 2.57 bits per heavy atom. The zero-order valence-corrected chi connectivity index (χ0v) is 26.6. The minimum absolute atomic E-state index is 0.00745. The Labute approximate surface area is 266 Å². The van der Waals surface area contributed by atoms with E-state index >= 15 is 8.78 Å². The highest BCUT2D eigenvalue weighted by Gasteiger charge is 2.62. The smallest absolute Gasteiger partial charge is 0.338 e. The van der Waals surface area contributed by atoms with Crippen molar-refractivity contribution in [3.8, 4) is 0 Å². The van der Waals surface area contributed by atoms with Gasteiger partial charge >= 0.3 is 11.9 Å². The largest absolute Gasteiger partial charge is 0.481 e. The van der Waals surface area contributed by atoms with Gasteiger partial charge in [0.05, 0.1) is 37.2 Å². The first kappa shape index (κ1) is 33.5. The molecule has 2 N–H and O–H groups in total. The van der Waals surface area contributed by atoms with E-state index in [0.717, 1.165) is 13.2 Å². The first-order valence-electron chi connectivity index (χ1n) is 14.5. The van der Waals surface area contributed by atoms with Crippen LogP contribution in [0, 0.1) is 24.0 Å². The summed E-state index contributed by atoms with van der Waals surface area (Å²) in [6.07, 6.45) is 1.54. The third-order valence-electron chi connectivity index (χ3n) is 8.78. The normalized spacial score (nSPS) is 23.3. The molecular weight excluding hydrogens is 632 g/mol. The second kappa shape index (κ2) is 12.4. The number of thiazole rings is 1. The van der Waals surface area contributed by atoms with Gasteiger partial charge in [-0.15, -0.1) is 11.3 Å². The Hall–Kier alpha value is -3.89. The molecule has 0 bridgehead atoms. The zero-order valence-electron chi connectivity index (χ0n) is 25.8. The van der Waals surface area contributed by atoms with Gasteiger partial charge < -0.3 is 15.2 Å². The van der Waals surface area contributed by atoms with E-state index in [9.17, 15) is 28.3 Å². The number of fused-ring (bicyclic) bond motifs is 1. The number of halogens is 4. The van der Waals surface area contributed by atoms with Gasteiger partial charge in [-0.05, 0) is 44.4 Å². The van der Waals surface area contributed by atoms with Crippen molar-refractivity contribution in [3.05, 3.63) is 62.7 Å². The van der Waals surface area contributed by atoms with Crippen molar-refractivity contribution in [2.45, 2.75) is 58.2 Å². The number of aliphatic imine (C=N–C) groups is 1. The number of amidine groups is 1. The second-order valence-electron chi connectivity index (χ2n) is 12.2. The number of aromatic nitrogens is 1. The highest BCUT2D eigenvalue weighted by Crippen LogP contribution is 2.43. The highest BCUT2D eigenvalue weighted by atomic mass is 32.1. The molecule has 11 nitrogen and oxygen atoms in total. The lowest BCUT2D eigenvalue weighted by molar-refractivity contribution is -0.156. The lowest BCUT2D eigenvalue weighted by Gasteiger charge is -2.35. The molecule has 0 saturated carbocycles. The number of amides is 1. The summed E-state index contributed by atoms with van der Waals surface area (Å²) in [5.41, 5.74) is -1.07. The van der Waals surface area contributed by atoms with Gasteiger partial charge in [0.25, 0.3) is 5.92 Å². The van der Waals surface area contributed by atoms with Gasteiger partial charge in [0.2, 0.25) is 5.91 Å². The first-order chi connectivity index (χ1) is 21.6. The second-order valence-corrected chi connectivity index (χ2v) is 13.1. The van der Waals surface area contributed by atoms with E-state index in [1.807, 2.05) is 0 Å². The average molecular weight is 667 g/mol. The van der Waals surface area contributed by atoms with E-state index in [1.54, 1.807) is 5.38 Å². The Morgan fingerprint density at radius 2 is 1.96 bits per heavy atom. The number of nitrogens with zero attached hydrogens (tertiary/aromatic N) is 5. The van der Waals surface area contributed by atoms with E-state index in [-0.39, 0.29) is 54.3 Å². The number of esters is 1. The molecule has 1 amide bonds. The Balaban J connectivity index is 1.56. The number of nitrogens with one attached hydrogen (secondary N) is 1. The van der Waals surface area contributed by atoms with Gasteiger partial charge in [0.15, 0.2) is 22.5 Å². The van der Waals surface area contributed by atoms with Crippen LogP contribution in [-0.4, -0.2) is 100.0 Å². The van der Waals surface area contributed by atoms with Crippen molar-refractivity contribution in [2.24, 2.45) is 10.4 Å². The topological polar surface area (TPSA) is 128 Å². The van der Waals surface area contributed by atoms with Crippen LogP contribution >= 0.6 is 11.3 Å². The number of ether oxygens (including phenoxy) is 1. The van der Waals surface area contributed by atoms with Crippen LogP contribution in [0.25, 0.3) is 0 Å². The van der Waals surface area contributed by atoms with Crippen molar-refractivity contribution < 1.29 is 41.8 Å². The fraction of sp³-hybridized carbons (Fsp3) is 0.500. The van der Waals surface area contributed by atoms with Crippen molar-refractivity contribution in [3.63, 3.8) is 0 Å². The van der Waals surface area contributed by atoms with Crippen LogP contribution in [0.3, 0.4) is 0 Å². The highest BCUT2D eigenvalue weighted by molar-refractivity contribution is 7.11. The summed E-state index contributed by atoms with van der Waals surface area (Å²) >= 11 is 1.22. The molecule has 2 aromatic rings. The summed E-state index contributed by atoms with van der Waals surface area (Å²) in [4.78, 5) is 48.0.